The second-order valence-corrected chi connectivity index (χ2v) is 4.75. The third-order valence-electron chi connectivity index (χ3n) is 2.74. The monoisotopic (exact) mass is 234 g/mol. The summed E-state index contributed by atoms with van der Waals surface area (Å²) in [5.41, 5.74) is -0.0374. The van der Waals surface area contributed by atoms with Crippen LogP contribution in [-0.2, 0) is 14.3 Å². The zero-order valence-corrected chi connectivity index (χ0v) is 9.80. The highest BCUT2D eigenvalue weighted by Crippen LogP contribution is 2.31. The Labute approximate surface area is 99.5 Å². The Morgan fingerprint density at radius 1 is 1.35 bits per heavy atom. The first kappa shape index (κ1) is 11.6. The predicted octanol–water partition coefficient (Wildman–Crippen LogP) is 1.79. The van der Waals surface area contributed by atoms with Crippen molar-refractivity contribution in [3.63, 3.8) is 0 Å². The normalized spacial score (nSPS) is 22.0. The molecular formula is C13H14O4. The molecule has 0 aromatic heterocycles. The van der Waals surface area contributed by atoms with Crippen LogP contribution in [0.25, 0.3) is 0 Å². The lowest BCUT2D eigenvalue weighted by Crippen LogP contribution is -2.34. The molecule has 4 heteroatoms. The third kappa shape index (κ3) is 2.30. The second-order valence-electron chi connectivity index (χ2n) is 4.75. The lowest BCUT2D eigenvalue weighted by atomic mass is 9.90. The number of benzene rings is 1. The van der Waals surface area contributed by atoms with E-state index in [-0.39, 0.29) is 6.61 Å². The average molecular weight is 234 g/mol. The number of cyclic esters (lactones) is 1. The van der Waals surface area contributed by atoms with Crippen LogP contribution in [0, 0.1) is 5.41 Å². The molecule has 0 saturated carbocycles. The quantitative estimate of drug-likeness (QED) is 0.732. The van der Waals surface area contributed by atoms with E-state index in [9.17, 15) is 9.59 Å². The lowest BCUT2D eigenvalue weighted by molar-refractivity contribution is -0.145. The first-order valence-electron chi connectivity index (χ1n) is 5.43. The highest BCUT2D eigenvalue weighted by atomic mass is 16.6. The molecule has 1 aromatic carbocycles. The molecule has 90 valence electrons. The summed E-state index contributed by atoms with van der Waals surface area (Å²) >= 11 is 0. The van der Waals surface area contributed by atoms with E-state index in [4.69, 9.17) is 9.47 Å². The third-order valence-corrected chi connectivity index (χ3v) is 2.74. The summed E-state index contributed by atoms with van der Waals surface area (Å²) in [4.78, 5) is 23.3. The van der Waals surface area contributed by atoms with Gasteiger partial charge in [0.25, 0.3) is 0 Å². The first-order valence-corrected chi connectivity index (χ1v) is 5.43. The van der Waals surface area contributed by atoms with Gasteiger partial charge in [0, 0.05) is 5.41 Å². The molecule has 0 spiro atoms. The Morgan fingerprint density at radius 3 is 2.53 bits per heavy atom. The molecule has 1 aliphatic heterocycles. The number of hydrogen-bond acceptors (Lipinski definition) is 4. The molecule has 17 heavy (non-hydrogen) atoms. The molecule has 0 aliphatic carbocycles. The van der Waals surface area contributed by atoms with E-state index < -0.39 is 23.5 Å². The van der Waals surface area contributed by atoms with Gasteiger partial charge >= 0.3 is 11.9 Å². The molecule has 1 aromatic rings. The summed E-state index contributed by atoms with van der Waals surface area (Å²) in [6, 6.07) is 8.60. The fraction of sp³-hybridized carbons (Fsp3) is 0.385. The van der Waals surface area contributed by atoms with Crippen LogP contribution in [0.4, 0.5) is 0 Å². The number of rotatable bonds is 2. The second kappa shape index (κ2) is 4.20. The van der Waals surface area contributed by atoms with Crippen molar-refractivity contribution < 1.29 is 19.1 Å². The minimum atomic E-state index is -0.824. The van der Waals surface area contributed by atoms with E-state index >= 15 is 0 Å². The Hall–Kier alpha value is -1.84. The highest BCUT2D eigenvalue weighted by molar-refractivity contribution is 5.91. The number of ether oxygens (including phenoxy) is 2. The summed E-state index contributed by atoms with van der Waals surface area (Å²) < 4.78 is 10.1. The van der Waals surface area contributed by atoms with Crippen LogP contribution in [0.15, 0.2) is 30.3 Å². The molecule has 1 fully saturated rings. The fourth-order valence-corrected chi connectivity index (χ4v) is 1.68. The summed E-state index contributed by atoms with van der Waals surface area (Å²) in [7, 11) is 0. The Bertz CT molecular complexity index is 436. The van der Waals surface area contributed by atoms with Gasteiger partial charge in [0.1, 0.15) is 6.61 Å². The van der Waals surface area contributed by atoms with Gasteiger partial charge in [0.15, 0.2) is 0 Å². The van der Waals surface area contributed by atoms with Gasteiger partial charge in [-0.1, -0.05) is 32.0 Å². The molecule has 0 amide bonds. The van der Waals surface area contributed by atoms with Crippen LogP contribution in [0.1, 0.15) is 24.2 Å². The molecule has 2 rings (SSSR count). The SMILES string of the molecule is CC1(C)COC(=O)C1OC(=O)c1ccccc1. The van der Waals surface area contributed by atoms with Crippen molar-refractivity contribution in [2.45, 2.75) is 20.0 Å². The zero-order chi connectivity index (χ0) is 12.5. The van der Waals surface area contributed by atoms with Crippen LogP contribution in [0.3, 0.4) is 0 Å². The highest BCUT2D eigenvalue weighted by Gasteiger charge is 2.46. The molecule has 1 unspecified atom stereocenters. The summed E-state index contributed by atoms with van der Waals surface area (Å²) in [5, 5.41) is 0. The van der Waals surface area contributed by atoms with Crippen molar-refractivity contribution >= 4 is 11.9 Å². The molecule has 1 heterocycles. The van der Waals surface area contributed by atoms with Gasteiger partial charge in [-0.15, -0.1) is 0 Å². The van der Waals surface area contributed by atoms with Crippen LogP contribution < -0.4 is 0 Å². The standard InChI is InChI=1S/C13H14O4/c1-13(2)8-16-12(15)10(13)17-11(14)9-6-4-3-5-7-9/h3-7,10H,8H2,1-2H3. The van der Waals surface area contributed by atoms with E-state index in [2.05, 4.69) is 0 Å². The smallest absolute Gasteiger partial charge is 0.348 e. The van der Waals surface area contributed by atoms with E-state index in [1.165, 1.54) is 0 Å². The van der Waals surface area contributed by atoms with Crippen molar-refractivity contribution in [3.05, 3.63) is 35.9 Å². The molecule has 0 radical (unpaired) electrons. The molecule has 1 saturated heterocycles. The van der Waals surface area contributed by atoms with E-state index in [1.54, 1.807) is 24.3 Å². The maximum Gasteiger partial charge on any atom is 0.348 e. The molecule has 0 N–H and O–H groups in total. The van der Waals surface area contributed by atoms with E-state index in [0.29, 0.717) is 5.56 Å². The minimum absolute atomic E-state index is 0.276. The molecule has 1 aliphatic rings. The number of hydrogen-bond donors (Lipinski definition) is 0. The van der Waals surface area contributed by atoms with Gasteiger partial charge in [-0.2, -0.15) is 0 Å². The average Bonchev–Trinajstić information content (AvgIpc) is 2.57. The number of carbonyl (C=O) groups is 2. The van der Waals surface area contributed by atoms with Crippen LogP contribution in [0.2, 0.25) is 0 Å². The number of esters is 2. The van der Waals surface area contributed by atoms with Crippen molar-refractivity contribution in [1.82, 2.24) is 0 Å². The first-order chi connectivity index (χ1) is 8.00. The topological polar surface area (TPSA) is 52.6 Å². The molecule has 4 nitrogen and oxygen atoms in total. The summed E-state index contributed by atoms with van der Waals surface area (Å²) in [6.07, 6.45) is -0.824. The fourth-order valence-electron chi connectivity index (χ4n) is 1.68. The van der Waals surface area contributed by atoms with Crippen LogP contribution in [-0.4, -0.2) is 24.6 Å². The van der Waals surface area contributed by atoms with Gasteiger partial charge in [-0.3, -0.25) is 0 Å². The van der Waals surface area contributed by atoms with Crippen molar-refractivity contribution in [3.8, 4) is 0 Å². The molecular weight excluding hydrogens is 220 g/mol. The van der Waals surface area contributed by atoms with Gasteiger partial charge in [-0.25, -0.2) is 9.59 Å². The van der Waals surface area contributed by atoms with Gasteiger partial charge < -0.3 is 9.47 Å². The van der Waals surface area contributed by atoms with Gasteiger partial charge in [0.2, 0.25) is 6.10 Å². The Balaban J connectivity index is 2.12. The molecule has 1 atom stereocenters. The zero-order valence-electron chi connectivity index (χ0n) is 9.80. The maximum atomic E-state index is 11.8. The van der Waals surface area contributed by atoms with Crippen LogP contribution >= 0.6 is 0 Å². The predicted molar refractivity (Wildman–Crippen MR) is 60.4 cm³/mol. The van der Waals surface area contributed by atoms with Crippen LogP contribution in [0.5, 0.6) is 0 Å². The van der Waals surface area contributed by atoms with Crippen molar-refractivity contribution in [2.75, 3.05) is 6.61 Å². The summed E-state index contributed by atoms with van der Waals surface area (Å²) in [6.45, 7) is 3.94. The summed E-state index contributed by atoms with van der Waals surface area (Å²) in [5.74, 6) is -0.971. The van der Waals surface area contributed by atoms with Gasteiger partial charge in [-0.05, 0) is 12.1 Å². The van der Waals surface area contributed by atoms with Gasteiger partial charge in [0.05, 0.1) is 5.56 Å². The Kier molecular flexibility index (Phi) is 2.88. The lowest BCUT2D eigenvalue weighted by Gasteiger charge is -2.21. The largest absolute Gasteiger partial charge is 0.462 e. The maximum absolute atomic E-state index is 11.8. The number of carbonyl (C=O) groups excluding carboxylic acids is 2. The van der Waals surface area contributed by atoms with Crippen molar-refractivity contribution in [1.29, 1.82) is 0 Å². The minimum Gasteiger partial charge on any atom is -0.462 e. The van der Waals surface area contributed by atoms with E-state index in [1.807, 2.05) is 19.9 Å². The Morgan fingerprint density at radius 2 is 2.00 bits per heavy atom. The molecule has 0 bridgehead atoms. The van der Waals surface area contributed by atoms with E-state index in [0.717, 1.165) is 0 Å². The van der Waals surface area contributed by atoms with Crippen molar-refractivity contribution in [2.24, 2.45) is 5.41 Å².